The summed E-state index contributed by atoms with van der Waals surface area (Å²) in [5.74, 6) is 1.08. The molecule has 19 heteroatoms. The van der Waals surface area contributed by atoms with Crippen molar-refractivity contribution in [3.63, 3.8) is 0 Å². The van der Waals surface area contributed by atoms with Gasteiger partial charge in [0.25, 0.3) is 0 Å². The normalized spacial score (nSPS) is 14.7. The molecule has 17 nitrogen and oxygen atoms in total. The smallest absolute Gasteiger partial charge is 0.462 e. The number of rotatable bonds is 83. The van der Waals surface area contributed by atoms with Crippen LogP contribution in [0.4, 0.5) is 0 Å². The average Bonchev–Trinajstić information content (AvgIpc) is 0.915. The third kappa shape index (κ3) is 75.9. The van der Waals surface area contributed by atoms with Crippen molar-refractivity contribution in [3.8, 4) is 0 Å². The number of aliphatic hydroxyl groups excluding tert-OH is 1. The molecule has 8 atom stereocenters. The molecule has 0 radical (unpaired) electrons. The zero-order valence-corrected chi connectivity index (χ0v) is 71.2. The second-order valence-electron chi connectivity index (χ2n) is 32.1. The van der Waals surface area contributed by atoms with Crippen LogP contribution in [0.1, 0.15) is 447 Å². The Hall–Kier alpha value is -1.94. The van der Waals surface area contributed by atoms with Gasteiger partial charge in [-0.2, -0.15) is 0 Å². The van der Waals surface area contributed by atoms with Crippen molar-refractivity contribution >= 4 is 39.5 Å². The van der Waals surface area contributed by atoms with Crippen molar-refractivity contribution in [2.45, 2.75) is 465 Å². The molecule has 624 valence electrons. The molecule has 0 rings (SSSR count). The first-order valence-electron chi connectivity index (χ1n) is 44.3. The minimum atomic E-state index is -4.97. The van der Waals surface area contributed by atoms with Gasteiger partial charge in [0.05, 0.1) is 26.4 Å². The van der Waals surface area contributed by atoms with Crippen LogP contribution in [0.5, 0.6) is 0 Å². The number of ether oxygens (including phenoxy) is 4. The molecule has 0 aliphatic rings. The summed E-state index contributed by atoms with van der Waals surface area (Å²) >= 11 is 0. The summed E-state index contributed by atoms with van der Waals surface area (Å²) in [6.45, 7) is 14.3. The van der Waals surface area contributed by atoms with Crippen LogP contribution < -0.4 is 0 Å². The van der Waals surface area contributed by atoms with Crippen molar-refractivity contribution < 1.29 is 80.2 Å². The van der Waals surface area contributed by atoms with Gasteiger partial charge in [-0.3, -0.25) is 37.3 Å². The van der Waals surface area contributed by atoms with Gasteiger partial charge in [-0.25, -0.2) is 9.13 Å². The third-order valence-corrected chi connectivity index (χ3v) is 23.1. The Labute approximate surface area is 645 Å². The lowest BCUT2D eigenvalue weighted by Gasteiger charge is -2.21. The van der Waals surface area contributed by atoms with E-state index in [4.69, 9.17) is 37.0 Å². The Kier molecular flexibility index (Phi) is 73.4. The summed E-state index contributed by atoms with van der Waals surface area (Å²) in [5, 5.41) is 10.7. The monoisotopic (exact) mass is 1540 g/mol. The van der Waals surface area contributed by atoms with E-state index in [-0.39, 0.29) is 25.7 Å². The number of hydrogen-bond donors (Lipinski definition) is 3. The van der Waals surface area contributed by atoms with E-state index in [2.05, 4.69) is 55.4 Å². The number of phosphoric acid groups is 2. The Morgan fingerprint density at radius 1 is 0.267 bits per heavy atom. The predicted molar refractivity (Wildman–Crippen MR) is 432 cm³/mol. The lowest BCUT2D eigenvalue weighted by Crippen LogP contribution is -2.30. The molecule has 0 aliphatic carbocycles. The molecule has 0 amide bonds. The Morgan fingerprint density at radius 3 is 0.676 bits per heavy atom. The molecule has 0 fully saturated rings. The fraction of sp³-hybridized carbons (Fsp3) is 0.953. The van der Waals surface area contributed by atoms with Gasteiger partial charge in [-0.15, -0.1) is 0 Å². The number of unbranched alkanes of at least 4 members (excludes halogenated alkanes) is 46. The van der Waals surface area contributed by atoms with Gasteiger partial charge in [-0.1, -0.05) is 396 Å². The SMILES string of the molecule is CCC(C)CCCCCCCCCCCCCCCCCCCCC(=O)OC[C@H](COP(=O)(O)OC[C@@H](O)COP(=O)(O)OC[C@@H](COC(=O)CCCCCCCCC(C)CC)OC(=O)CCCCCCCCCCC(C)C)OC(=O)CCCCCCCCCCCCCCCCCCCCC(C)CC. The largest absolute Gasteiger partial charge is 0.472 e. The molecule has 0 saturated heterocycles. The van der Waals surface area contributed by atoms with E-state index in [1.165, 1.54) is 244 Å². The van der Waals surface area contributed by atoms with Crippen molar-refractivity contribution in [2.24, 2.45) is 23.7 Å². The van der Waals surface area contributed by atoms with E-state index >= 15 is 0 Å². The highest BCUT2D eigenvalue weighted by Gasteiger charge is 2.31. The number of phosphoric ester groups is 2. The van der Waals surface area contributed by atoms with Gasteiger partial charge < -0.3 is 33.8 Å². The van der Waals surface area contributed by atoms with Crippen LogP contribution in [0.15, 0.2) is 0 Å². The van der Waals surface area contributed by atoms with Crippen molar-refractivity contribution in [3.05, 3.63) is 0 Å². The molecule has 0 aromatic rings. The molecule has 0 saturated carbocycles. The second kappa shape index (κ2) is 74.8. The fourth-order valence-electron chi connectivity index (χ4n) is 13.2. The molecule has 5 unspecified atom stereocenters. The number of carbonyl (C=O) groups excluding carboxylic acids is 4. The molecule has 0 aromatic carbocycles. The highest BCUT2D eigenvalue weighted by molar-refractivity contribution is 7.47. The highest BCUT2D eigenvalue weighted by atomic mass is 31.2. The quantitative estimate of drug-likeness (QED) is 0.0222. The molecular weight excluding hydrogens is 1370 g/mol. The summed E-state index contributed by atoms with van der Waals surface area (Å²) in [5.41, 5.74) is 0. The van der Waals surface area contributed by atoms with E-state index in [0.717, 1.165) is 120 Å². The minimum absolute atomic E-state index is 0.104. The zero-order chi connectivity index (χ0) is 77.4. The van der Waals surface area contributed by atoms with E-state index in [0.29, 0.717) is 25.7 Å². The summed E-state index contributed by atoms with van der Waals surface area (Å²) in [6.07, 6.45) is 64.1. The van der Waals surface area contributed by atoms with Crippen LogP contribution in [0.3, 0.4) is 0 Å². The Balaban J connectivity index is 5.19. The number of aliphatic hydroxyl groups is 1. The predicted octanol–water partition coefficient (Wildman–Crippen LogP) is 25.9. The maximum Gasteiger partial charge on any atom is 0.472 e. The second-order valence-corrected chi connectivity index (χ2v) is 35.0. The van der Waals surface area contributed by atoms with Crippen LogP contribution in [0, 0.1) is 23.7 Å². The fourth-order valence-corrected chi connectivity index (χ4v) is 14.8. The molecule has 0 heterocycles. The topological polar surface area (TPSA) is 237 Å². The van der Waals surface area contributed by atoms with Gasteiger partial charge in [0.1, 0.15) is 19.3 Å². The van der Waals surface area contributed by atoms with Crippen LogP contribution in [-0.4, -0.2) is 96.7 Å². The molecule has 3 N–H and O–H groups in total. The van der Waals surface area contributed by atoms with Crippen molar-refractivity contribution in [2.75, 3.05) is 39.6 Å². The van der Waals surface area contributed by atoms with Crippen LogP contribution in [0.25, 0.3) is 0 Å². The molecule has 0 aliphatic heterocycles. The molecular formula is C86H168O17P2. The first-order chi connectivity index (χ1) is 50.7. The number of carbonyl (C=O) groups is 4. The summed E-state index contributed by atoms with van der Waals surface area (Å²) < 4.78 is 68.8. The van der Waals surface area contributed by atoms with E-state index in [9.17, 15) is 43.2 Å². The Bertz CT molecular complexity index is 2050. The van der Waals surface area contributed by atoms with E-state index in [1.807, 2.05) is 0 Å². The maximum absolute atomic E-state index is 13.1. The molecule has 105 heavy (non-hydrogen) atoms. The average molecular weight is 1540 g/mol. The van der Waals surface area contributed by atoms with Crippen molar-refractivity contribution in [1.29, 1.82) is 0 Å². The van der Waals surface area contributed by atoms with Crippen LogP contribution in [0.2, 0.25) is 0 Å². The minimum Gasteiger partial charge on any atom is -0.462 e. The number of hydrogen-bond acceptors (Lipinski definition) is 15. The first-order valence-corrected chi connectivity index (χ1v) is 47.3. The zero-order valence-electron chi connectivity index (χ0n) is 69.4. The van der Waals surface area contributed by atoms with Gasteiger partial charge in [-0.05, 0) is 49.4 Å². The maximum atomic E-state index is 13.1. The first kappa shape index (κ1) is 103. The van der Waals surface area contributed by atoms with Gasteiger partial charge >= 0.3 is 39.5 Å². The standard InChI is InChI=1S/C86H168O17P2/c1-9-77(6)63-55-47-39-32-28-24-20-16-12-14-18-22-26-30-34-41-50-58-66-83(88)96-72-81(102-85(90)68-60-52-42-35-31-27-23-19-15-13-17-21-25-29-33-40-48-56-64-78(7)10-2)74-100-104(92,93)98-70-80(87)71-99-105(94,95)101-75-82(73-97-84(89)67-59-51-45-44-49-57-65-79(8)11-3)103-86(91)69-61-53-43-37-36-38-46-54-62-76(4)5/h76-82,87H,9-75H2,1-8H3,(H,92,93)(H,94,95)/t77?,78?,79?,80-,81-,82-/m1/s1. The summed E-state index contributed by atoms with van der Waals surface area (Å²) in [4.78, 5) is 73.1. The molecule has 0 spiro atoms. The highest BCUT2D eigenvalue weighted by Crippen LogP contribution is 2.45. The van der Waals surface area contributed by atoms with Gasteiger partial charge in [0.15, 0.2) is 12.2 Å². The van der Waals surface area contributed by atoms with E-state index in [1.54, 1.807) is 0 Å². The molecule has 0 bridgehead atoms. The number of esters is 4. The van der Waals surface area contributed by atoms with Crippen molar-refractivity contribution in [1.82, 2.24) is 0 Å². The Morgan fingerprint density at radius 2 is 0.457 bits per heavy atom. The molecule has 0 aromatic heterocycles. The van der Waals surface area contributed by atoms with E-state index < -0.39 is 97.5 Å². The van der Waals surface area contributed by atoms with Gasteiger partial charge in [0.2, 0.25) is 0 Å². The lowest BCUT2D eigenvalue weighted by molar-refractivity contribution is -0.161. The lowest BCUT2D eigenvalue weighted by atomic mass is 9.99. The van der Waals surface area contributed by atoms with Crippen LogP contribution in [-0.2, 0) is 65.4 Å². The van der Waals surface area contributed by atoms with Crippen LogP contribution >= 0.6 is 15.6 Å². The summed E-state index contributed by atoms with van der Waals surface area (Å²) in [7, 11) is -9.93. The third-order valence-electron chi connectivity index (χ3n) is 21.2. The van der Waals surface area contributed by atoms with Gasteiger partial charge in [0, 0.05) is 25.7 Å². The summed E-state index contributed by atoms with van der Waals surface area (Å²) in [6, 6.07) is 0.